The van der Waals surface area contributed by atoms with Crippen molar-refractivity contribution in [1.82, 2.24) is 9.97 Å². The molecule has 6 nitrogen and oxygen atoms in total. The number of allylic oxidation sites excluding steroid dienone is 2. The van der Waals surface area contributed by atoms with Crippen LogP contribution in [0.25, 0.3) is 22.4 Å². The zero-order valence-electron chi connectivity index (χ0n) is 16.4. The average molecular weight is 427 g/mol. The van der Waals surface area contributed by atoms with Crippen molar-refractivity contribution in [3.63, 3.8) is 0 Å². The van der Waals surface area contributed by atoms with Crippen molar-refractivity contribution in [2.24, 2.45) is 0 Å². The van der Waals surface area contributed by atoms with E-state index in [9.17, 15) is 9.59 Å². The number of H-pyrrole nitrogens is 1. The van der Waals surface area contributed by atoms with E-state index in [2.05, 4.69) is 20.6 Å². The topological polar surface area (TPSA) is 86.9 Å². The molecule has 0 fully saturated rings. The van der Waals surface area contributed by atoms with Crippen molar-refractivity contribution in [1.29, 1.82) is 0 Å². The van der Waals surface area contributed by atoms with Crippen LogP contribution in [0.1, 0.15) is 16.8 Å². The van der Waals surface area contributed by atoms with E-state index in [-0.39, 0.29) is 11.8 Å². The number of aromatic nitrogens is 2. The minimum absolute atomic E-state index is 0.109. The summed E-state index contributed by atoms with van der Waals surface area (Å²) in [5.74, 6) is 0.472. The second-order valence-corrected chi connectivity index (χ2v) is 7.89. The zero-order valence-corrected chi connectivity index (χ0v) is 17.2. The first-order valence-electron chi connectivity index (χ1n) is 9.77. The Labute approximate surface area is 182 Å². The first-order valence-corrected chi connectivity index (χ1v) is 10.7. The highest BCUT2D eigenvalue weighted by molar-refractivity contribution is 7.08. The maximum Gasteiger partial charge on any atom is 0.256 e. The smallest absolute Gasteiger partial charge is 0.256 e. The van der Waals surface area contributed by atoms with E-state index in [4.69, 9.17) is 0 Å². The molecule has 0 unspecified atom stereocenters. The van der Waals surface area contributed by atoms with Gasteiger partial charge in [0.2, 0.25) is 0 Å². The SMILES string of the molecule is O=C(Nc1ccc(-c2nc3ccc(NC(=O)c4ccsc4)cc3[nH]2)cc1)C1=CCC=C1. The largest absolute Gasteiger partial charge is 0.338 e. The van der Waals surface area contributed by atoms with Crippen LogP contribution >= 0.6 is 11.3 Å². The molecule has 0 saturated heterocycles. The third-order valence-electron chi connectivity index (χ3n) is 4.97. The Morgan fingerprint density at radius 3 is 2.52 bits per heavy atom. The van der Waals surface area contributed by atoms with Crippen LogP contribution in [0.3, 0.4) is 0 Å². The van der Waals surface area contributed by atoms with Gasteiger partial charge in [-0.05, 0) is 60.3 Å². The van der Waals surface area contributed by atoms with Gasteiger partial charge < -0.3 is 15.6 Å². The predicted molar refractivity (Wildman–Crippen MR) is 124 cm³/mol. The molecular weight excluding hydrogens is 408 g/mol. The van der Waals surface area contributed by atoms with E-state index >= 15 is 0 Å². The molecule has 1 aliphatic rings. The Bertz CT molecular complexity index is 1330. The first kappa shape index (κ1) is 19.0. The Morgan fingerprint density at radius 2 is 1.77 bits per heavy atom. The number of anilines is 2. The summed E-state index contributed by atoms with van der Waals surface area (Å²) in [6, 6.07) is 14.9. The highest BCUT2D eigenvalue weighted by Gasteiger charge is 2.11. The number of rotatable bonds is 5. The van der Waals surface area contributed by atoms with Gasteiger partial charge in [0.05, 0.1) is 16.6 Å². The van der Waals surface area contributed by atoms with Crippen molar-refractivity contribution < 1.29 is 9.59 Å². The molecule has 7 heteroatoms. The molecule has 2 aromatic heterocycles. The fourth-order valence-corrected chi connectivity index (χ4v) is 4.00. The van der Waals surface area contributed by atoms with Crippen LogP contribution < -0.4 is 10.6 Å². The molecule has 2 aromatic carbocycles. The quantitative estimate of drug-likeness (QED) is 0.401. The number of imidazole rings is 1. The number of thiophene rings is 1. The third-order valence-corrected chi connectivity index (χ3v) is 5.66. The Kier molecular flexibility index (Phi) is 4.93. The zero-order chi connectivity index (χ0) is 21.2. The fourth-order valence-electron chi connectivity index (χ4n) is 3.36. The van der Waals surface area contributed by atoms with Crippen molar-refractivity contribution in [2.75, 3.05) is 10.6 Å². The average Bonchev–Trinajstić information content (AvgIpc) is 3.55. The van der Waals surface area contributed by atoms with Gasteiger partial charge in [0, 0.05) is 27.9 Å². The Balaban J connectivity index is 1.32. The number of carbonyl (C=O) groups excluding carboxylic acids is 2. The highest BCUT2D eigenvalue weighted by atomic mass is 32.1. The van der Waals surface area contributed by atoms with Crippen LogP contribution in [0.5, 0.6) is 0 Å². The molecule has 0 spiro atoms. The van der Waals surface area contributed by atoms with E-state index in [1.54, 1.807) is 6.07 Å². The maximum absolute atomic E-state index is 12.3. The number of aromatic amines is 1. The number of hydrogen-bond acceptors (Lipinski definition) is 4. The van der Waals surface area contributed by atoms with Crippen molar-refractivity contribution in [2.45, 2.75) is 6.42 Å². The Morgan fingerprint density at radius 1 is 0.968 bits per heavy atom. The summed E-state index contributed by atoms with van der Waals surface area (Å²) in [5, 5.41) is 9.49. The molecule has 4 aromatic rings. The van der Waals surface area contributed by atoms with Crippen LogP contribution in [-0.2, 0) is 4.79 Å². The van der Waals surface area contributed by atoms with E-state index < -0.39 is 0 Å². The molecule has 0 bridgehead atoms. The summed E-state index contributed by atoms with van der Waals surface area (Å²) in [5.41, 5.74) is 5.29. The number of nitrogens with one attached hydrogen (secondary N) is 3. The van der Waals surface area contributed by atoms with E-state index in [1.165, 1.54) is 11.3 Å². The molecule has 0 saturated carbocycles. The van der Waals surface area contributed by atoms with Crippen LogP contribution in [0.2, 0.25) is 0 Å². The molecule has 0 atom stereocenters. The lowest BCUT2D eigenvalue weighted by molar-refractivity contribution is -0.112. The van der Waals surface area contributed by atoms with Gasteiger partial charge in [-0.2, -0.15) is 11.3 Å². The lowest BCUT2D eigenvalue weighted by atomic mass is 10.2. The number of hydrogen-bond donors (Lipinski definition) is 3. The first-order chi connectivity index (χ1) is 15.2. The second-order valence-electron chi connectivity index (χ2n) is 7.11. The van der Waals surface area contributed by atoms with Gasteiger partial charge in [-0.3, -0.25) is 9.59 Å². The van der Waals surface area contributed by atoms with Crippen LogP contribution in [0.4, 0.5) is 11.4 Å². The maximum atomic E-state index is 12.3. The predicted octanol–water partition coefficient (Wildman–Crippen LogP) is 5.37. The van der Waals surface area contributed by atoms with Gasteiger partial charge in [0.15, 0.2) is 0 Å². The summed E-state index contributed by atoms with van der Waals surface area (Å²) in [7, 11) is 0. The van der Waals surface area contributed by atoms with Gasteiger partial charge in [-0.15, -0.1) is 0 Å². The standard InChI is InChI=1S/C24H18N4O2S/c29-23(16-3-1-2-4-16)25-18-7-5-15(6-8-18)22-27-20-10-9-19(13-21(20)28-22)26-24(30)17-11-12-31-14-17/h1,3-14H,2H2,(H,25,29)(H,26,30)(H,27,28). The van der Waals surface area contributed by atoms with Gasteiger partial charge >= 0.3 is 0 Å². The minimum atomic E-state index is -0.137. The monoisotopic (exact) mass is 426 g/mol. The van der Waals surface area contributed by atoms with E-state index in [0.29, 0.717) is 16.8 Å². The molecule has 2 amide bonds. The van der Waals surface area contributed by atoms with Crippen molar-refractivity contribution in [3.05, 3.63) is 88.7 Å². The van der Waals surface area contributed by atoms with Gasteiger partial charge in [-0.25, -0.2) is 4.98 Å². The summed E-state index contributed by atoms with van der Waals surface area (Å²) in [6.07, 6.45) is 6.48. The minimum Gasteiger partial charge on any atom is -0.338 e. The molecule has 0 radical (unpaired) electrons. The number of nitrogens with zero attached hydrogens (tertiary/aromatic N) is 1. The molecule has 3 N–H and O–H groups in total. The van der Waals surface area contributed by atoms with E-state index in [1.807, 2.05) is 71.5 Å². The molecule has 31 heavy (non-hydrogen) atoms. The number of benzene rings is 2. The Hall–Kier alpha value is -3.97. The summed E-state index contributed by atoms with van der Waals surface area (Å²) >= 11 is 1.49. The molecular formula is C24H18N4O2S. The van der Waals surface area contributed by atoms with Gasteiger partial charge in [0.1, 0.15) is 5.82 Å². The molecule has 0 aliphatic heterocycles. The summed E-state index contributed by atoms with van der Waals surface area (Å²) in [4.78, 5) is 32.4. The number of carbonyl (C=O) groups is 2. The molecule has 2 heterocycles. The normalized spacial score (nSPS) is 12.7. The summed E-state index contributed by atoms with van der Waals surface area (Å²) < 4.78 is 0. The number of amides is 2. The van der Waals surface area contributed by atoms with Crippen molar-refractivity contribution in [3.8, 4) is 11.4 Å². The van der Waals surface area contributed by atoms with Crippen LogP contribution in [0, 0.1) is 0 Å². The van der Waals surface area contributed by atoms with Gasteiger partial charge in [-0.1, -0.05) is 18.2 Å². The van der Waals surface area contributed by atoms with Crippen LogP contribution in [0.15, 0.2) is 83.1 Å². The summed E-state index contributed by atoms with van der Waals surface area (Å²) in [6.45, 7) is 0. The van der Waals surface area contributed by atoms with Gasteiger partial charge in [0.25, 0.3) is 11.8 Å². The third kappa shape index (κ3) is 4.04. The molecule has 1 aliphatic carbocycles. The molecule has 152 valence electrons. The number of fused-ring (bicyclic) bond motifs is 1. The van der Waals surface area contributed by atoms with Crippen molar-refractivity contribution >= 4 is 45.6 Å². The lowest BCUT2D eigenvalue weighted by Crippen LogP contribution is -2.12. The second kappa shape index (κ2) is 8.04. The fraction of sp³-hybridized carbons (Fsp3) is 0.0417. The molecule has 5 rings (SSSR count). The highest BCUT2D eigenvalue weighted by Crippen LogP contribution is 2.25. The van der Waals surface area contributed by atoms with Crippen LogP contribution in [-0.4, -0.2) is 21.8 Å². The lowest BCUT2D eigenvalue weighted by Gasteiger charge is -2.05. The van der Waals surface area contributed by atoms with E-state index in [0.717, 1.165) is 34.5 Å².